The number of rotatable bonds is 5. The van der Waals surface area contributed by atoms with Crippen LogP contribution >= 0.6 is 11.3 Å². The van der Waals surface area contributed by atoms with E-state index in [1.165, 1.54) is 22.6 Å². The van der Waals surface area contributed by atoms with Crippen molar-refractivity contribution < 1.29 is 14.1 Å². The SMILES string of the molecule is CCC[C@@H]1CCc2c(sc(NC(=O)c3c(C)noc3C)c2C(N)=O)C1. The van der Waals surface area contributed by atoms with Crippen LogP contribution in [-0.4, -0.2) is 17.0 Å². The molecule has 0 aliphatic heterocycles. The highest BCUT2D eigenvalue weighted by molar-refractivity contribution is 7.17. The predicted octanol–water partition coefficient (Wildman–Crippen LogP) is 3.61. The molecule has 6 nitrogen and oxygen atoms in total. The summed E-state index contributed by atoms with van der Waals surface area (Å²) in [7, 11) is 0. The lowest BCUT2D eigenvalue weighted by molar-refractivity contribution is 0.1000. The number of amides is 2. The predicted molar refractivity (Wildman–Crippen MR) is 97.2 cm³/mol. The van der Waals surface area contributed by atoms with E-state index >= 15 is 0 Å². The molecule has 2 heterocycles. The van der Waals surface area contributed by atoms with E-state index in [4.69, 9.17) is 10.3 Å². The molecule has 0 spiro atoms. The summed E-state index contributed by atoms with van der Waals surface area (Å²) in [6.07, 6.45) is 5.20. The van der Waals surface area contributed by atoms with E-state index in [9.17, 15) is 9.59 Å². The maximum Gasteiger partial charge on any atom is 0.261 e. The molecule has 0 radical (unpaired) electrons. The topological polar surface area (TPSA) is 98.2 Å². The van der Waals surface area contributed by atoms with Gasteiger partial charge in [0.1, 0.15) is 16.3 Å². The number of hydrogen-bond acceptors (Lipinski definition) is 5. The lowest BCUT2D eigenvalue weighted by Crippen LogP contribution is -2.20. The molecule has 0 aromatic carbocycles. The number of nitrogens with one attached hydrogen (secondary N) is 1. The zero-order valence-electron chi connectivity index (χ0n) is 14.8. The molecule has 0 saturated heterocycles. The van der Waals surface area contributed by atoms with E-state index in [1.807, 2.05) is 0 Å². The van der Waals surface area contributed by atoms with Crippen LogP contribution in [-0.2, 0) is 12.8 Å². The van der Waals surface area contributed by atoms with Crippen molar-refractivity contribution in [2.45, 2.75) is 52.9 Å². The average Bonchev–Trinajstić information content (AvgIpc) is 3.06. The molecule has 7 heteroatoms. The molecule has 2 amide bonds. The van der Waals surface area contributed by atoms with Crippen molar-refractivity contribution in [3.8, 4) is 0 Å². The van der Waals surface area contributed by atoms with E-state index in [2.05, 4.69) is 17.4 Å². The van der Waals surface area contributed by atoms with Gasteiger partial charge < -0.3 is 15.6 Å². The molecule has 3 N–H and O–H groups in total. The van der Waals surface area contributed by atoms with Crippen LogP contribution in [0.3, 0.4) is 0 Å². The normalized spacial score (nSPS) is 16.5. The first-order valence-electron chi connectivity index (χ1n) is 8.60. The zero-order chi connectivity index (χ0) is 18.1. The minimum Gasteiger partial charge on any atom is -0.365 e. The largest absolute Gasteiger partial charge is 0.365 e. The van der Waals surface area contributed by atoms with Crippen molar-refractivity contribution in [3.63, 3.8) is 0 Å². The third-order valence-electron chi connectivity index (χ3n) is 4.80. The maximum absolute atomic E-state index is 12.6. The Morgan fingerprint density at radius 2 is 2.12 bits per heavy atom. The van der Waals surface area contributed by atoms with Gasteiger partial charge in [0.25, 0.3) is 11.8 Å². The number of aromatic nitrogens is 1. The van der Waals surface area contributed by atoms with Gasteiger partial charge in [-0.25, -0.2) is 0 Å². The molecule has 134 valence electrons. The van der Waals surface area contributed by atoms with Crippen LogP contribution in [0.2, 0.25) is 0 Å². The molecule has 1 aliphatic carbocycles. The second-order valence-corrected chi connectivity index (χ2v) is 7.73. The zero-order valence-corrected chi connectivity index (χ0v) is 15.6. The summed E-state index contributed by atoms with van der Waals surface area (Å²) in [5.74, 6) is 0.297. The van der Waals surface area contributed by atoms with Gasteiger partial charge in [0.15, 0.2) is 0 Å². The summed E-state index contributed by atoms with van der Waals surface area (Å²) in [6.45, 7) is 5.60. The Morgan fingerprint density at radius 1 is 1.36 bits per heavy atom. The van der Waals surface area contributed by atoms with Gasteiger partial charge in [-0.05, 0) is 44.6 Å². The monoisotopic (exact) mass is 361 g/mol. The summed E-state index contributed by atoms with van der Waals surface area (Å²) < 4.78 is 5.05. The number of nitrogens with two attached hydrogens (primary N) is 1. The molecule has 25 heavy (non-hydrogen) atoms. The van der Waals surface area contributed by atoms with E-state index in [0.29, 0.717) is 33.5 Å². The Kier molecular flexibility index (Phi) is 4.94. The molecule has 1 atom stereocenters. The fourth-order valence-corrected chi connectivity index (χ4v) is 4.99. The number of nitrogens with zero attached hydrogens (tertiary/aromatic N) is 1. The molecule has 0 saturated carbocycles. The molecule has 3 rings (SSSR count). The summed E-state index contributed by atoms with van der Waals surface area (Å²) in [5, 5.41) is 7.21. The number of carbonyl (C=O) groups is 2. The van der Waals surface area contributed by atoms with Crippen LogP contribution in [0.4, 0.5) is 5.00 Å². The second-order valence-electron chi connectivity index (χ2n) is 6.62. The van der Waals surface area contributed by atoms with Crippen LogP contribution in [0.25, 0.3) is 0 Å². The Hall–Kier alpha value is -2.15. The molecular formula is C18H23N3O3S. The van der Waals surface area contributed by atoms with Crippen molar-refractivity contribution in [3.05, 3.63) is 33.0 Å². The minimum absolute atomic E-state index is 0.317. The third-order valence-corrected chi connectivity index (χ3v) is 5.97. The lowest BCUT2D eigenvalue weighted by Gasteiger charge is -2.21. The fraction of sp³-hybridized carbons (Fsp3) is 0.500. The quantitative estimate of drug-likeness (QED) is 0.850. The van der Waals surface area contributed by atoms with Gasteiger partial charge in [0.2, 0.25) is 0 Å². The van der Waals surface area contributed by atoms with Gasteiger partial charge in [0, 0.05) is 4.88 Å². The third kappa shape index (κ3) is 3.33. The van der Waals surface area contributed by atoms with Crippen LogP contribution in [0.1, 0.15) is 68.8 Å². The molecule has 0 unspecified atom stereocenters. The van der Waals surface area contributed by atoms with Crippen molar-refractivity contribution in [2.24, 2.45) is 11.7 Å². The van der Waals surface area contributed by atoms with Gasteiger partial charge in [-0.15, -0.1) is 11.3 Å². The highest BCUT2D eigenvalue weighted by atomic mass is 32.1. The van der Waals surface area contributed by atoms with Gasteiger partial charge in [-0.1, -0.05) is 24.9 Å². The summed E-state index contributed by atoms with van der Waals surface area (Å²) in [6, 6.07) is 0. The second kappa shape index (κ2) is 7.00. The van der Waals surface area contributed by atoms with E-state index < -0.39 is 5.91 Å². The number of hydrogen-bond donors (Lipinski definition) is 2. The van der Waals surface area contributed by atoms with Gasteiger partial charge >= 0.3 is 0 Å². The molecule has 1 aliphatic rings. The lowest BCUT2D eigenvalue weighted by atomic mass is 9.84. The number of aryl methyl sites for hydroxylation is 2. The Labute approximate surface area is 150 Å². The van der Waals surface area contributed by atoms with Crippen molar-refractivity contribution in [1.29, 1.82) is 0 Å². The van der Waals surface area contributed by atoms with Gasteiger partial charge in [0.05, 0.1) is 11.3 Å². The Morgan fingerprint density at radius 3 is 2.72 bits per heavy atom. The molecule has 2 aromatic heterocycles. The number of anilines is 1. The Balaban J connectivity index is 1.92. The number of carbonyl (C=O) groups excluding carboxylic acids is 2. The smallest absolute Gasteiger partial charge is 0.261 e. The summed E-state index contributed by atoms with van der Waals surface area (Å²) >= 11 is 1.47. The number of primary amides is 1. The van der Waals surface area contributed by atoms with Crippen LogP contribution in [0.5, 0.6) is 0 Å². The van der Waals surface area contributed by atoms with Crippen LogP contribution in [0, 0.1) is 19.8 Å². The molecule has 0 bridgehead atoms. The first-order valence-corrected chi connectivity index (χ1v) is 9.42. The Bertz CT molecular complexity index is 802. The van der Waals surface area contributed by atoms with Crippen LogP contribution in [0.15, 0.2) is 4.52 Å². The van der Waals surface area contributed by atoms with Crippen molar-refractivity contribution in [1.82, 2.24) is 5.16 Å². The summed E-state index contributed by atoms with van der Waals surface area (Å²) in [5.41, 5.74) is 8.03. The molecule has 0 fully saturated rings. The highest BCUT2D eigenvalue weighted by Crippen LogP contribution is 2.40. The first kappa shape index (κ1) is 17.7. The molecular weight excluding hydrogens is 338 g/mol. The summed E-state index contributed by atoms with van der Waals surface area (Å²) in [4.78, 5) is 25.8. The van der Waals surface area contributed by atoms with Crippen molar-refractivity contribution in [2.75, 3.05) is 5.32 Å². The van der Waals surface area contributed by atoms with Gasteiger partial charge in [-0.3, -0.25) is 9.59 Å². The average molecular weight is 361 g/mol. The van der Waals surface area contributed by atoms with E-state index in [-0.39, 0.29) is 5.91 Å². The molecule has 2 aromatic rings. The number of fused-ring (bicyclic) bond motifs is 1. The van der Waals surface area contributed by atoms with Crippen LogP contribution < -0.4 is 11.1 Å². The number of thiophene rings is 1. The minimum atomic E-state index is -0.486. The van der Waals surface area contributed by atoms with E-state index in [0.717, 1.165) is 31.2 Å². The van der Waals surface area contributed by atoms with Gasteiger partial charge in [-0.2, -0.15) is 0 Å². The first-order chi connectivity index (χ1) is 11.9. The fourth-order valence-electron chi connectivity index (χ4n) is 3.63. The van der Waals surface area contributed by atoms with E-state index in [1.54, 1.807) is 13.8 Å². The van der Waals surface area contributed by atoms with Crippen molar-refractivity contribution >= 4 is 28.2 Å². The maximum atomic E-state index is 12.6. The standard InChI is InChI=1S/C18H23N3O3S/c1-4-5-11-6-7-12-13(8-11)25-18(15(12)16(19)22)20-17(23)14-9(2)21-24-10(14)3/h11H,4-8H2,1-3H3,(H2,19,22)(H,20,23)/t11-/m1/s1. The highest BCUT2D eigenvalue weighted by Gasteiger charge is 2.29.